The highest BCUT2D eigenvalue weighted by Crippen LogP contribution is 2.05. The van der Waals surface area contributed by atoms with Gasteiger partial charge in [-0.3, -0.25) is 0 Å². The number of rotatable bonds is 4. The van der Waals surface area contributed by atoms with Crippen molar-refractivity contribution in [2.45, 2.75) is 39.9 Å². The lowest BCUT2D eigenvalue weighted by Gasteiger charge is -2.15. The molecule has 0 rings (SSSR count). The molecule has 0 unspecified atom stereocenters. The van der Waals surface area contributed by atoms with Crippen molar-refractivity contribution < 1.29 is 8.85 Å². The van der Waals surface area contributed by atoms with Gasteiger partial charge in [0, 0.05) is 12.2 Å². The first-order chi connectivity index (χ1) is 4.52. The molecular formula is C6H15IO2Si. The van der Waals surface area contributed by atoms with Gasteiger partial charge in [0.2, 0.25) is 0 Å². The molecule has 0 bridgehead atoms. The minimum atomic E-state index is -1.35. The molecule has 0 fully saturated rings. The average Bonchev–Trinajstić information content (AvgIpc) is 1.58. The molecule has 62 valence electrons. The predicted octanol–water partition coefficient (Wildman–Crippen LogP) is 1.99. The van der Waals surface area contributed by atoms with Gasteiger partial charge in [-0.05, 0) is 27.7 Å². The van der Waals surface area contributed by atoms with Crippen LogP contribution in [0.3, 0.4) is 0 Å². The van der Waals surface area contributed by atoms with E-state index in [9.17, 15) is 0 Å². The van der Waals surface area contributed by atoms with Crippen molar-refractivity contribution in [1.82, 2.24) is 0 Å². The summed E-state index contributed by atoms with van der Waals surface area (Å²) < 4.78 is 10.9. The molecule has 0 spiro atoms. The van der Waals surface area contributed by atoms with Crippen LogP contribution >= 0.6 is 21.8 Å². The van der Waals surface area contributed by atoms with Gasteiger partial charge in [-0.25, -0.2) is 0 Å². The second-order valence-electron chi connectivity index (χ2n) is 2.64. The van der Waals surface area contributed by atoms with E-state index >= 15 is 0 Å². The Morgan fingerprint density at radius 2 is 1.30 bits per heavy atom. The lowest BCUT2D eigenvalue weighted by Crippen LogP contribution is -2.23. The van der Waals surface area contributed by atoms with E-state index in [2.05, 4.69) is 21.8 Å². The molecule has 0 aromatic rings. The number of hydrogen-bond donors (Lipinski definition) is 0. The summed E-state index contributed by atoms with van der Waals surface area (Å²) in [7, 11) is 0. The van der Waals surface area contributed by atoms with E-state index in [0.29, 0.717) is 12.2 Å². The molecule has 0 aliphatic rings. The summed E-state index contributed by atoms with van der Waals surface area (Å²) in [5, 5.41) is 0. The number of halogens is 1. The molecule has 10 heavy (non-hydrogen) atoms. The van der Waals surface area contributed by atoms with E-state index in [0.717, 1.165) is 0 Å². The second kappa shape index (κ2) is 5.51. The Hall–Kier alpha value is 0.867. The summed E-state index contributed by atoms with van der Waals surface area (Å²) in [5.74, 6) is 0. The van der Waals surface area contributed by atoms with Crippen molar-refractivity contribution in [3.63, 3.8) is 0 Å². The van der Waals surface area contributed by atoms with Crippen LogP contribution in [-0.2, 0) is 8.85 Å². The maximum atomic E-state index is 5.46. The van der Waals surface area contributed by atoms with Gasteiger partial charge in [0.05, 0.1) is 0 Å². The molecule has 0 aliphatic carbocycles. The van der Waals surface area contributed by atoms with Crippen LogP contribution in [0.2, 0.25) is 0 Å². The molecule has 0 N–H and O–H groups in total. The first-order valence-electron chi connectivity index (χ1n) is 3.47. The van der Waals surface area contributed by atoms with Crippen LogP contribution in [0.4, 0.5) is 0 Å². The van der Waals surface area contributed by atoms with Gasteiger partial charge in [0.1, 0.15) is 0 Å². The van der Waals surface area contributed by atoms with Gasteiger partial charge < -0.3 is 8.85 Å². The maximum Gasteiger partial charge on any atom is 0.392 e. The summed E-state index contributed by atoms with van der Waals surface area (Å²) in [6.07, 6.45) is 0.597. The average molecular weight is 274 g/mol. The molecule has 0 atom stereocenters. The van der Waals surface area contributed by atoms with Crippen molar-refractivity contribution in [1.29, 1.82) is 0 Å². The maximum absolute atomic E-state index is 5.46. The summed E-state index contributed by atoms with van der Waals surface area (Å²) in [6.45, 7) is 6.77. The van der Waals surface area contributed by atoms with Crippen molar-refractivity contribution in [3.8, 4) is 0 Å². The third kappa shape index (κ3) is 6.98. The first-order valence-corrected chi connectivity index (χ1v) is 8.59. The standard InChI is InChI=1S/C6H15IO2Si/c1-5(2)8-10(7)9-6(3)4/h5-6,10H,1-4H3. The first kappa shape index (κ1) is 10.9. The fourth-order valence-corrected chi connectivity index (χ4v) is 4.90. The fourth-order valence-electron chi connectivity index (χ4n) is 0.460. The van der Waals surface area contributed by atoms with Gasteiger partial charge in [0.25, 0.3) is 0 Å². The summed E-state index contributed by atoms with van der Waals surface area (Å²) in [6, 6.07) is 0. The molecule has 0 amide bonds. The largest absolute Gasteiger partial charge is 0.392 e. The molecule has 0 saturated heterocycles. The Bertz CT molecular complexity index is 77.8. The molecule has 2 nitrogen and oxygen atoms in total. The monoisotopic (exact) mass is 274 g/mol. The van der Waals surface area contributed by atoms with E-state index in [4.69, 9.17) is 8.85 Å². The van der Waals surface area contributed by atoms with Gasteiger partial charge in [0.15, 0.2) is 0 Å². The second-order valence-corrected chi connectivity index (χ2v) is 6.79. The van der Waals surface area contributed by atoms with Crippen LogP contribution in [0.25, 0.3) is 0 Å². The molecule has 4 heteroatoms. The van der Waals surface area contributed by atoms with Crippen molar-refractivity contribution in [3.05, 3.63) is 0 Å². The smallest absolute Gasteiger partial charge is 0.387 e. The minimum absolute atomic E-state index is 0.298. The zero-order valence-electron chi connectivity index (χ0n) is 6.93. The van der Waals surface area contributed by atoms with Gasteiger partial charge in [-0.2, -0.15) is 0 Å². The zero-order chi connectivity index (χ0) is 8.15. The Morgan fingerprint density at radius 1 is 1.00 bits per heavy atom. The SMILES string of the molecule is CC(C)O[SiH](I)OC(C)C. The Morgan fingerprint density at radius 3 is 1.50 bits per heavy atom. The van der Waals surface area contributed by atoms with Crippen LogP contribution in [-0.4, -0.2) is 19.0 Å². The summed E-state index contributed by atoms with van der Waals surface area (Å²) in [4.78, 5) is 0. The molecule has 0 aliphatic heterocycles. The van der Waals surface area contributed by atoms with E-state index in [1.54, 1.807) is 0 Å². The zero-order valence-corrected chi connectivity index (χ0v) is 10.2. The van der Waals surface area contributed by atoms with Crippen LogP contribution < -0.4 is 0 Å². The highest BCUT2D eigenvalue weighted by Gasteiger charge is 2.11. The lowest BCUT2D eigenvalue weighted by molar-refractivity contribution is 0.149. The van der Waals surface area contributed by atoms with Crippen molar-refractivity contribution in [2.24, 2.45) is 0 Å². The van der Waals surface area contributed by atoms with Crippen LogP contribution in [0.1, 0.15) is 27.7 Å². The van der Waals surface area contributed by atoms with Crippen molar-refractivity contribution in [2.75, 3.05) is 0 Å². The molecule has 0 saturated carbocycles. The molecule has 0 radical (unpaired) electrons. The molecule has 0 heterocycles. The highest BCUT2D eigenvalue weighted by atomic mass is 127. The van der Waals surface area contributed by atoms with E-state index in [1.165, 1.54) is 0 Å². The van der Waals surface area contributed by atoms with E-state index < -0.39 is 6.78 Å². The van der Waals surface area contributed by atoms with Crippen LogP contribution in [0, 0.1) is 0 Å². The van der Waals surface area contributed by atoms with E-state index in [1.807, 2.05) is 27.7 Å². The fraction of sp³-hybridized carbons (Fsp3) is 1.00. The minimum Gasteiger partial charge on any atom is -0.387 e. The Labute approximate surface area is 77.4 Å². The van der Waals surface area contributed by atoms with E-state index in [-0.39, 0.29) is 0 Å². The topological polar surface area (TPSA) is 18.5 Å². The van der Waals surface area contributed by atoms with Crippen LogP contribution in [0.15, 0.2) is 0 Å². The third-order valence-corrected chi connectivity index (χ3v) is 4.04. The van der Waals surface area contributed by atoms with Crippen molar-refractivity contribution >= 4 is 28.6 Å². The third-order valence-electron chi connectivity index (χ3n) is 0.758. The Kier molecular flexibility index (Phi) is 5.99. The molecule has 0 aromatic carbocycles. The summed E-state index contributed by atoms with van der Waals surface area (Å²) in [5.41, 5.74) is 0. The van der Waals surface area contributed by atoms with Crippen LogP contribution in [0.5, 0.6) is 0 Å². The normalized spacial score (nSPS) is 12.0. The Balaban J connectivity index is 3.34. The number of hydrogen-bond acceptors (Lipinski definition) is 2. The van der Waals surface area contributed by atoms with Gasteiger partial charge in [-0.15, -0.1) is 0 Å². The van der Waals surface area contributed by atoms with Gasteiger partial charge >= 0.3 is 6.78 Å². The molecule has 0 aromatic heterocycles. The molecular weight excluding hydrogens is 259 g/mol. The lowest BCUT2D eigenvalue weighted by atomic mass is 10.5. The quantitative estimate of drug-likeness (QED) is 0.443. The predicted molar refractivity (Wildman–Crippen MR) is 53.6 cm³/mol. The van der Waals surface area contributed by atoms with Gasteiger partial charge in [-0.1, -0.05) is 21.8 Å². The highest BCUT2D eigenvalue weighted by molar-refractivity contribution is 14.1. The summed E-state index contributed by atoms with van der Waals surface area (Å²) >= 11 is 2.27.